The van der Waals surface area contributed by atoms with Crippen molar-refractivity contribution in [1.82, 2.24) is 10.3 Å². The Morgan fingerprint density at radius 2 is 2.12 bits per heavy atom. The number of nitrogens with one attached hydrogen (secondary N) is 1. The van der Waals surface area contributed by atoms with E-state index in [1.165, 1.54) is 4.88 Å². The van der Waals surface area contributed by atoms with Gasteiger partial charge in [0.2, 0.25) is 0 Å². The van der Waals surface area contributed by atoms with Crippen molar-refractivity contribution in [1.29, 1.82) is 0 Å². The molecule has 1 atom stereocenters. The minimum atomic E-state index is -0.0152. The van der Waals surface area contributed by atoms with Crippen LogP contribution >= 0.6 is 11.3 Å². The van der Waals surface area contributed by atoms with Gasteiger partial charge >= 0.3 is 0 Å². The first-order valence-electron chi connectivity index (χ1n) is 5.60. The summed E-state index contributed by atoms with van der Waals surface area (Å²) in [5.74, 6) is 0. The van der Waals surface area contributed by atoms with Gasteiger partial charge in [-0.3, -0.25) is 0 Å². The molecule has 17 heavy (non-hydrogen) atoms. The molecule has 1 aromatic carbocycles. The summed E-state index contributed by atoms with van der Waals surface area (Å²) in [5, 5.41) is 13.8. The third kappa shape index (κ3) is 3.36. The average Bonchev–Trinajstić information content (AvgIpc) is 2.77. The Bertz CT molecular complexity index is 455. The van der Waals surface area contributed by atoms with Crippen molar-refractivity contribution in [2.45, 2.75) is 19.5 Å². The molecule has 0 saturated carbocycles. The van der Waals surface area contributed by atoms with Crippen molar-refractivity contribution in [2.24, 2.45) is 0 Å². The molecule has 4 heteroatoms. The maximum absolute atomic E-state index is 9.39. The van der Waals surface area contributed by atoms with E-state index in [4.69, 9.17) is 0 Å². The smallest absolute Gasteiger partial charge is 0.0897 e. The van der Waals surface area contributed by atoms with Crippen molar-refractivity contribution in [2.75, 3.05) is 6.61 Å². The van der Waals surface area contributed by atoms with Gasteiger partial charge in [0, 0.05) is 17.6 Å². The molecular weight excluding hydrogens is 232 g/mol. The van der Waals surface area contributed by atoms with Crippen LogP contribution in [-0.2, 0) is 6.54 Å². The van der Waals surface area contributed by atoms with E-state index >= 15 is 0 Å². The summed E-state index contributed by atoms with van der Waals surface area (Å²) >= 11 is 1.68. The van der Waals surface area contributed by atoms with E-state index in [0.717, 1.165) is 17.1 Å². The van der Waals surface area contributed by atoms with Crippen molar-refractivity contribution < 1.29 is 5.11 Å². The number of hydrogen-bond acceptors (Lipinski definition) is 4. The molecule has 0 bridgehead atoms. The number of hydrogen-bond donors (Lipinski definition) is 2. The number of aliphatic hydroxyl groups is 1. The molecule has 0 aliphatic heterocycles. The second-order valence-corrected chi connectivity index (χ2v) is 5.19. The van der Waals surface area contributed by atoms with Gasteiger partial charge in [0.1, 0.15) is 0 Å². The van der Waals surface area contributed by atoms with E-state index in [1.54, 1.807) is 11.3 Å². The lowest BCUT2D eigenvalue weighted by molar-refractivity contribution is 0.244. The van der Waals surface area contributed by atoms with E-state index in [2.05, 4.69) is 10.3 Å². The standard InChI is InChI=1S/C13H16N2OS/c1-10-14-7-12(17-10)8-15-13(9-16)11-5-3-2-4-6-11/h2-7,13,15-16H,8-9H2,1H3/t13-/m1/s1. The summed E-state index contributed by atoms with van der Waals surface area (Å²) in [7, 11) is 0. The van der Waals surface area contributed by atoms with Crippen LogP contribution in [0.15, 0.2) is 36.5 Å². The second kappa shape index (κ2) is 5.91. The molecule has 0 amide bonds. The topological polar surface area (TPSA) is 45.2 Å². The molecule has 1 heterocycles. The minimum Gasteiger partial charge on any atom is -0.394 e. The van der Waals surface area contributed by atoms with Crippen LogP contribution in [-0.4, -0.2) is 16.7 Å². The van der Waals surface area contributed by atoms with Gasteiger partial charge in [-0.25, -0.2) is 4.98 Å². The van der Waals surface area contributed by atoms with E-state index < -0.39 is 0 Å². The van der Waals surface area contributed by atoms with Gasteiger partial charge in [0.25, 0.3) is 0 Å². The molecule has 0 aliphatic carbocycles. The monoisotopic (exact) mass is 248 g/mol. The SMILES string of the molecule is Cc1ncc(CN[C@H](CO)c2ccccc2)s1. The van der Waals surface area contributed by atoms with Crippen LogP contribution in [0.1, 0.15) is 21.5 Å². The van der Waals surface area contributed by atoms with Gasteiger partial charge in [-0.05, 0) is 12.5 Å². The van der Waals surface area contributed by atoms with Crippen LogP contribution in [0.3, 0.4) is 0 Å². The summed E-state index contributed by atoms with van der Waals surface area (Å²) in [6.07, 6.45) is 1.88. The lowest BCUT2D eigenvalue weighted by Crippen LogP contribution is -2.23. The highest BCUT2D eigenvalue weighted by molar-refractivity contribution is 7.11. The molecule has 0 fully saturated rings. The van der Waals surface area contributed by atoms with Gasteiger partial charge in [0.15, 0.2) is 0 Å². The number of rotatable bonds is 5. The van der Waals surface area contributed by atoms with Crippen molar-refractivity contribution in [3.05, 3.63) is 52.0 Å². The first-order valence-corrected chi connectivity index (χ1v) is 6.41. The second-order valence-electron chi connectivity index (χ2n) is 3.87. The summed E-state index contributed by atoms with van der Waals surface area (Å²) < 4.78 is 0. The molecule has 0 radical (unpaired) electrons. The molecule has 2 aromatic rings. The van der Waals surface area contributed by atoms with Crippen molar-refractivity contribution in [3.8, 4) is 0 Å². The minimum absolute atomic E-state index is 0.0152. The molecule has 2 rings (SSSR count). The normalized spacial score (nSPS) is 12.6. The van der Waals surface area contributed by atoms with E-state index in [1.807, 2.05) is 43.5 Å². The lowest BCUT2D eigenvalue weighted by atomic mass is 10.1. The molecule has 1 aromatic heterocycles. The fourth-order valence-corrected chi connectivity index (χ4v) is 2.43. The zero-order valence-electron chi connectivity index (χ0n) is 9.76. The lowest BCUT2D eigenvalue weighted by Gasteiger charge is -2.15. The molecule has 90 valence electrons. The predicted molar refractivity (Wildman–Crippen MR) is 70.0 cm³/mol. The van der Waals surface area contributed by atoms with Crippen LogP contribution in [0.25, 0.3) is 0 Å². The Labute approximate surface area is 105 Å². The highest BCUT2D eigenvalue weighted by Crippen LogP contribution is 2.15. The summed E-state index contributed by atoms with van der Waals surface area (Å²) in [6.45, 7) is 2.84. The first-order chi connectivity index (χ1) is 8.29. The van der Waals surface area contributed by atoms with Gasteiger partial charge in [-0.2, -0.15) is 0 Å². The van der Waals surface area contributed by atoms with E-state index in [-0.39, 0.29) is 12.6 Å². The molecule has 2 N–H and O–H groups in total. The molecule has 0 saturated heterocycles. The number of thiazole rings is 1. The molecule has 3 nitrogen and oxygen atoms in total. The number of nitrogens with zero attached hydrogens (tertiary/aromatic N) is 1. The predicted octanol–water partition coefficient (Wildman–Crippen LogP) is 2.27. The van der Waals surface area contributed by atoms with E-state index in [0.29, 0.717) is 0 Å². The molecule has 0 aliphatic rings. The summed E-state index contributed by atoms with van der Waals surface area (Å²) in [4.78, 5) is 5.40. The summed E-state index contributed by atoms with van der Waals surface area (Å²) in [5.41, 5.74) is 1.11. The van der Waals surface area contributed by atoms with Crippen molar-refractivity contribution >= 4 is 11.3 Å². The quantitative estimate of drug-likeness (QED) is 0.853. The largest absolute Gasteiger partial charge is 0.394 e. The van der Waals surface area contributed by atoms with Crippen LogP contribution in [0.2, 0.25) is 0 Å². The van der Waals surface area contributed by atoms with Gasteiger partial charge in [-0.15, -0.1) is 11.3 Å². The molecule has 0 unspecified atom stereocenters. The highest BCUT2D eigenvalue weighted by Gasteiger charge is 2.09. The Kier molecular flexibility index (Phi) is 4.25. The van der Waals surface area contributed by atoms with E-state index in [9.17, 15) is 5.11 Å². The molecular formula is C13H16N2OS. The number of benzene rings is 1. The van der Waals surface area contributed by atoms with Crippen LogP contribution < -0.4 is 5.32 Å². The third-order valence-corrected chi connectivity index (χ3v) is 3.49. The number of aliphatic hydroxyl groups excluding tert-OH is 1. The fourth-order valence-electron chi connectivity index (χ4n) is 1.68. The van der Waals surface area contributed by atoms with Gasteiger partial charge in [-0.1, -0.05) is 30.3 Å². The Hall–Kier alpha value is -1.23. The first kappa shape index (κ1) is 12.2. The fraction of sp³-hybridized carbons (Fsp3) is 0.308. The highest BCUT2D eigenvalue weighted by atomic mass is 32.1. The van der Waals surface area contributed by atoms with Crippen LogP contribution in [0.4, 0.5) is 0 Å². The van der Waals surface area contributed by atoms with Gasteiger partial charge < -0.3 is 10.4 Å². The Morgan fingerprint density at radius 3 is 2.71 bits per heavy atom. The maximum Gasteiger partial charge on any atom is 0.0897 e. The molecule has 0 spiro atoms. The van der Waals surface area contributed by atoms with Crippen molar-refractivity contribution in [3.63, 3.8) is 0 Å². The van der Waals surface area contributed by atoms with Gasteiger partial charge in [0.05, 0.1) is 17.7 Å². The van der Waals surface area contributed by atoms with Crippen LogP contribution in [0, 0.1) is 6.92 Å². The average molecular weight is 248 g/mol. The third-order valence-electron chi connectivity index (χ3n) is 2.58. The maximum atomic E-state index is 9.39. The van der Waals surface area contributed by atoms with Crippen LogP contribution in [0.5, 0.6) is 0 Å². The number of aromatic nitrogens is 1. The Balaban J connectivity index is 1.97. The number of aryl methyl sites for hydroxylation is 1. The zero-order valence-corrected chi connectivity index (χ0v) is 10.6. The summed E-state index contributed by atoms with van der Waals surface area (Å²) in [6, 6.07) is 9.97. The zero-order chi connectivity index (χ0) is 12.1. The Morgan fingerprint density at radius 1 is 1.35 bits per heavy atom.